The van der Waals surface area contributed by atoms with Crippen LogP contribution in [-0.4, -0.2) is 5.78 Å². The Morgan fingerprint density at radius 3 is 2.20 bits per heavy atom. The number of hydrogen-bond acceptors (Lipinski definition) is 3. The van der Waals surface area contributed by atoms with Crippen molar-refractivity contribution in [1.29, 1.82) is 0 Å². The molecule has 0 unspecified atom stereocenters. The summed E-state index contributed by atoms with van der Waals surface area (Å²) in [7, 11) is 3.17. The van der Waals surface area contributed by atoms with Crippen molar-refractivity contribution in [2.24, 2.45) is 0 Å². The normalized spacial score (nSPS) is 16.2. The van der Waals surface area contributed by atoms with E-state index in [9.17, 15) is 4.79 Å². The van der Waals surface area contributed by atoms with Crippen LogP contribution in [0.4, 0.5) is 0 Å². The van der Waals surface area contributed by atoms with Crippen LogP contribution in [0.2, 0.25) is 0 Å². The van der Waals surface area contributed by atoms with Gasteiger partial charge in [-0.25, -0.2) is 0 Å². The van der Waals surface area contributed by atoms with E-state index in [0.717, 1.165) is 20.9 Å². The van der Waals surface area contributed by atoms with Crippen LogP contribution in [0.25, 0.3) is 6.08 Å². The summed E-state index contributed by atoms with van der Waals surface area (Å²) in [6.45, 7) is 0. The van der Waals surface area contributed by atoms with E-state index >= 15 is 0 Å². The van der Waals surface area contributed by atoms with E-state index < -0.39 is 0 Å². The first-order valence-corrected chi connectivity index (χ1v) is 8.40. The first-order chi connectivity index (χ1) is 9.83. The minimum Gasteiger partial charge on any atom is -0.288 e. The Bertz CT molecular complexity index is 673. The van der Waals surface area contributed by atoms with E-state index in [0.29, 0.717) is 0 Å². The third-order valence-electron chi connectivity index (χ3n) is 2.87. The van der Waals surface area contributed by atoms with Gasteiger partial charge in [-0.15, -0.1) is 0 Å². The number of carbonyl (C=O) groups is 1. The Morgan fingerprint density at radius 2 is 1.50 bits per heavy atom. The van der Waals surface area contributed by atoms with Gasteiger partial charge >= 0.3 is 0 Å². The van der Waals surface area contributed by atoms with Crippen molar-refractivity contribution in [3.05, 3.63) is 87.7 Å². The molecule has 0 saturated carbocycles. The molecule has 20 heavy (non-hydrogen) atoms. The predicted octanol–water partition coefficient (Wildman–Crippen LogP) is 5.19. The predicted molar refractivity (Wildman–Crippen MR) is 88.5 cm³/mol. The number of rotatable bonds is 3. The SMILES string of the molecule is O=C(C1=C/C(=C/c2ccccc2)SS1)c1ccccc1. The average Bonchev–Trinajstić information content (AvgIpc) is 2.97. The number of allylic oxidation sites excluding steroid dienone is 2. The number of carbonyl (C=O) groups excluding carboxylic acids is 1. The van der Waals surface area contributed by atoms with E-state index in [1.54, 1.807) is 10.8 Å². The van der Waals surface area contributed by atoms with Crippen LogP contribution in [0.5, 0.6) is 0 Å². The fourth-order valence-corrected chi connectivity index (χ4v) is 4.08. The zero-order valence-electron chi connectivity index (χ0n) is 10.7. The molecule has 0 bridgehead atoms. The number of hydrogen-bond donors (Lipinski definition) is 0. The largest absolute Gasteiger partial charge is 0.288 e. The number of ketones is 1. The molecule has 0 atom stereocenters. The highest BCUT2D eigenvalue weighted by molar-refractivity contribution is 8.80. The maximum absolute atomic E-state index is 12.3. The van der Waals surface area contributed by atoms with Gasteiger partial charge in [0, 0.05) is 10.5 Å². The molecule has 1 aliphatic rings. The molecule has 3 rings (SSSR count). The van der Waals surface area contributed by atoms with Crippen molar-refractivity contribution in [2.75, 3.05) is 0 Å². The highest BCUT2D eigenvalue weighted by atomic mass is 33.1. The Labute approximate surface area is 126 Å². The molecule has 0 amide bonds. The van der Waals surface area contributed by atoms with Gasteiger partial charge in [0.2, 0.25) is 0 Å². The summed E-state index contributed by atoms with van der Waals surface area (Å²) in [5, 5.41) is 0. The second-order valence-corrected chi connectivity index (χ2v) is 6.57. The Balaban J connectivity index is 1.82. The van der Waals surface area contributed by atoms with Crippen LogP contribution in [0, 0.1) is 0 Å². The van der Waals surface area contributed by atoms with Gasteiger partial charge in [-0.05, 0) is 28.5 Å². The molecule has 1 nitrogen and oxygen atoms in total. The van der Waals surface area contributed by atoms with Gasteiger partial charge in [-0.1, -0.05) is 71.5 Å². The second-order valence-electron chi connectivity index (χ2n) is 4.33. The number of Topliss-reactive ketones (excluding diaryl/α,β-unsaturated/α-hetero) is 1. The molecule has 3 heteroatoms. The van der Waals surface area contributed by atoms with Crippen LogP contribution in [-0.2, 0) is 0 Å². The van der Waals surface area contributed by atoms with E-state index in [1.165, 1.54) is 10.8 Å². The molecule has 0 aliphatic carbocycles. The van der Waals surface area contributed by atoms with Crippen molar-refractivity contribution >= 4 is 33.4 Å². The molecule has 0 radical (unpaired) electrons. The summed E-state index contributed by atoms with van der Waals surface area (Å²) < 4.78 is 0. The molecule has 2 aromatic carbocycles. The number of benzene rings is 2. The maximum atomic E-state index is 12.3. The van der Waals surface area contributed by atoms with Crippen LogP contribution in [0.1, 0.15) is 15.9 Å². The summed E-state index contributed by atoms with van der Waals surface area (Å²) in [5.41, 5.74) is 1.90. The zero-order chi connectivity index (χ0) is 13.8. The monoisotopic (exact) mass is 296 g/mol. The molecule has 0 spiro atoms. The van der Waals surface area contributed by atoms with Gasteiger partial charge in [-0.3, -0.25) is 4.79 Å². The molecule has 0 fully saturated rings. The molecule has 1 aliphatic heterocycles. The van der Waals surface area contributed by atoms with Crippen molar-refractivity contribution in [1.82, 2.24) is 0 Å². The first kappa shape index (κ1) is 13.3. The Morgan fingerprint density at radius 1 is 0.850 bits per heavy atom. The van der Waals surface area contributed by atoms with Gasteiger partial charge in [0.1, 0.15) is 0 Å². The standard InChI is InChI=1S/C17H12OS2/c18-17(14-9-5-2-6-10-14)16-12-15(19-20-16)11-13-7-3-1-4-8-13/h1-12H/b15-11-. The van der Waals surface area contributed by atoms with Gasteiger partial charge in [0.05, 0.1) is 4.91 Å². The quantitative estimate of drug-likeness (QED) is 0.573. The minimum absolute atomic E-state index is 0.0968. The van der Waals surface area contributed by atoms with Gasteiger partial charge in [0.15, 0.2) is 5.78 Å². The third-order valence-corrected chi connectivity index (χ3v) is 5.23. The Kier molecular flexibility index (Phi) is 4.09. The lowest BCUT2D eigenvalue weighted by Crippen LogP contribution is -1.98. The second kappa shape index (κ2) is 6.16. The lowest BCUT2D eigenvalue weighted by Gasteiger charge is -1.98. The molecule has 0 aromatic heterocycles. The molecule has 98 valence electrons. The molecular formula is C17H12OS2. The highest BCUT2D eigenvalue weighted by Gasteiger charge is 2.19. The molecule has 0 saturated heterocycles. The summed E-state index contributed by atoms with van der Waals surface area (Å²) in [5.74, 6) is 0.0968. The summed E-state index contributed by atoms with van der Waals surface area (Å²) >= 11 is 0. The van der Waals surface area contributed by atoms with E-state index in [-0.39, 0.29) is 5.78 Å². The van der Waals surface area contributed by atoms with Crippen LogP contribution in [0.15, 0.2) is 76.5 Å². The molecule has 1 heterocycles. The lowest BCUT2D eigenvalue weighted by molar-refractivity contribution is 0.104. The highest BCUT2D eigenvalue weighted by Crippen LogP contribution is 2.46. The van der Waals surface area contributed by atoms with E-state index in [1.807, 2.05) is 54.6 Å². The van der Waals surface area contributed by atoms with Crippen molar-refractivity contribution < 1.29 is 4.79 Å². The summed E-state index contributed by atoms with van der Waals surface area (Å²) in [6, 6.07) is 19.5. The topological polar surface area (TPSA) is 17.1 Å². The van der Waals surface area contributed by atoms with Crippen molar-refractivity contribution in [3.63, 3.8) is 0 Å². The van der Waals surface area contributed by atoms with Crippen molar-refractivity contribution in [2.45, 2.75) is 0 Å². The fraction of sp³-hybridized carbons (Fsp3) is 0. The molecule has 0 N–H and O–H groups in total. The van der Waals surface area contributed by atoms with Gasteiger partial charge in [0.25, 0.3) is 0 Å². The molecular weight excluding hydrogens is 284 g/mol. The van der Waals surface area contributed by atoms with Gasteiger partial charge in [-0.2, -0.15) is 0 Å². The van der Waals surface area contributed by atoms with Crippen LogP contribution in [0.3, 0.4) is 0 Å². The van der Waals surface area contributed by atoms with Crippen LogP contribution < -0.4 is 0 Å². The van der Waals surface area contributed by atoms with Crippen LogP contribution >= 0.6 is 21.6 Å². The fourth-order valence-electron chi connectivity index (χ4n) is 1.88. The van der Waals surface area contributed by atoms with Crippen molar-refractivity contribution in [3.8, 4) is 0 Å². The Hall–Kier alpha value is -1.71. The molecule has 2 aromatic rings. The maximum Gasteiger partial charge on any atom is 0.200 e. The smallest absolute Gasteiger partial charge is 0.200 e. The summed E-state index contributed by atoms with van der Waals surface area (Å²) in [4.78, 5) is 14.2. The average molecular weight is 296 g/mol. The van der Waals surface area contributed by atoms with E-state index in [4.69, 9.17) is 0 Å². The first-order valence-electron chi connectivity index (χ1n) is 6.26. The zero-order valence-corrected chi connectivity index (χ0v) is 12.3. The van der Waals surface area contributed by atoms with E-state index in [2.05, 4.69) is 18.2 Å². The van der Waals surface area contributed by atoms with Gasteiger partial charge < -0.3 is 0 Å². The minimum atomic E-state index is 0.0968. The lowest BCUT2D eigenvalue weighted by atomic mass is 10.1. The summed E-state index contributed by atoms with van der Waals surface area (Å²) in [6.07, 6.45) is 4.07. The third kappa shape index (κ3) is 3.06.